The third kappa shape index (κ3) is 6.55. The summed E-state index contributed by atoms with van der Waals surface area (Å²) in [6.45, 7) is 1.44. The number of esters is 1. The van der Waals surface area contributed by atoms with Crippen molar-refractivity contribution in [2.45, 2.75) is 19.4 Å². The van der Waals surface area contributed by atoms with E-state index in [0.29, 0.717) is 29.5 Å². The standard InChI is InChI=1S/C21H24N2O4.ClH/c1-26-21(25)17-9-10-19(27-14-16-5-3-2-4-6-16)18(11-17)23-20(24)13-22-12-15-7-8-15;/h2-6,9-11,15,22H,7-8,12-14H2,1H3,(H,23,24);1H. The predicted octanol–water partition coefficient (Wildman–Crippen LogP) is 3.41. The first-order chi connectivity index (χ1) is 13.2. The molecule has 0 aromatic heterocycles. The lowest BCUT2D eigenvalue weighted by Crippen LogP contribution is -2.29. The quantitative estimate of drug-likeness (QED) is 0.626. The van der Waals surface area contributed by atoms with Crippen molar-refractivity contribution >= 4 is 30.0 Å². The zero-order valence-corrected chi connectivity index (χ0v) is 16.6. The Balaban J connectivity index is 0.00000280. The van der Waals surface area contributed by atoms with Crippen molar-refractivity contribution in [2.75, 3.05) is 25.5 Å². The molecule has 0 heterocycles. The van der Waals surface area contributed by atoms with Gasteiger partial charge in [0.15, 0.2) is 0 Å². The van der Waals surface area contributed by atoms with E-state index in [0.717, 1.165) is 12.1 Å². The molecule has 0 radical (unpaired) electrons. The molecule has 1 saturated carbocycles. The molecule has 0 saturated heterocycles. The van der Waals surface area contributed by atoms with E-state index in [1.807, 2.05) is 30.3 Å². The first kappa shape index (κ1) is 21.7. The Morgan fingerprint density at radius 3 is 2.54 bits per heavy atom. The highest BCUT2D eigenvalue weighted by molar-refractivity contribution is 5.96. The molecule has 3 rings (SSSR count). The van der Waals surface area contributed by atoms with Crippen LogP contribution in [0.4, 0.5) is 5.69 Å². The molecule has 6 nitrogen and oxygen atoms in total. The fraction of sp³-hybridized carbons (Fsp3) is 0.333. The summed E-state index contributed by atoms with van der Waals surface area (Å²) in [6.07, 6.45) is 2.46. The maximum absolute atomic E-state index is 12.2. The largest absolute Gasteiger partial charge is 0.487 e. The summed E-state index contributed by atoms with van der Waals surface area (Å²) in [7, 11) is 1.32. The number of benzene rings is 2. The second kappa shape index (κ2) is 10.7. The SMILES string of the molecule is COC(=O)c1ccc(OCc2ccccc2)c(NC(=O)CNCC2CC2)c1.Cl. The summed E-state index contributed by atoms with van der Waals surface area (Å²) in [6, 6.07) is 14.6. The van der Waals surface area contributed by atoms with Crippen LogP contribution in [0.25, 0.3) is 0 Å². The number of methoxy groups -OCH3 is 1. The van der Waals surface area contributed by atoms with Gasteiger partial charge in [0, 0.05) is 0 Å². The van der Waals surface area contributed by atoms with Crippen molar-refractivity contribution in [2.24, 2.45) is 5.92 Å². The molecule has 7 heteroatoms. The fourth-order valence-electron chi connectivity index (χ4n) is 2.64. The van der Waals surface area contributed by atoms with Crippen LogP contribution in [-0.2, 0) is 16.1 Å². The first-order valence-corrected chi connectivity index (χ1v) is 9.05. The highest BCUT2D eigenvalue weighted by atomic mass is 35.5. The average Bonchev–Trinajstić information content (AvgIpc) is 3.51. The van der Waals surface area contributed by atoms with Gasteiger partial charge in [0.25, 0.3) is 0 Å². The molecular formula is C21H25ClN2O4. The molecule has 0 unspecified atom stereocenters. The molecule has 1 amide bonds. The number of halogens is 1. The Morgan fingerprint density at radius 1 is 1.11 bits per heavy atom. The van der Waals surface area contributed by atoms with Gasteiger partial charge in [-0.15, -0.1) is 12.4 Å². The molecule has 0 bridgehead atoms. The number of anilines is 1. The molecule has 0 atom stereocenters. The van der Waals surface area contributed by atoms with Gasteiger partial charge in [-0.05, 0) is 49.1 Å². The van der Waals surface area contributed by atoms with Crippen LogP contribution in [0.2, 0.25) is 0 Å². The molecule has 2 aromatic carbocycles. The molecule has 150 valence electrons. The molecule has 28 heavy (non-hydrogen) atoms. The Labute approximate surface area is 171 Å². The molecule has 1 aliphatic carbocycles. The summed E-state index contributed by atoms with van der Waals surface area (Å²) in [5, 5.41) is 5.97. The maximum Gasteiger partial charge on any atom is 0.337 e. The van der Waals surface area contributed by atoms with Crippen molar-refractivity contribution in [3.05, 3.63) is 59.7 Å². The van der Waals surface area contributed by atoms with Gasteiger partial charge >= 0.3 is 5.97 Å². The normalized spacial score (nSPS) is 12.6. The zero-order chi connectivity index (χ0) is 19.1. The van der Waals surface area contributed by atoms with Crippen molar-refractivity contribution in [1.82, 2.24) is 5.32 Å². The lowest BCUT2D eigenvalue weighted by atomic mass is 10.2. The van der Waals surface area contributed by atoms with Gasteiger partial charge in [-0.3, -0.25) is 4.79 Å². The van der Waals surface area contributed by atoms with Gasteiger partial charge in [-0.25, -0.2) is 4.79 Å². The number of ether oxygens (including phenoxy) is 2. The van der Waals surface area contributed by atoms with Crippen molar-refractivity contribution < 1.29 is 19.1 Å². The van der Waals surface area contributed by atoms with Crippen molar-refractivity contribution in [3.8, 4) is 5.75 Å². The number of carbonyl (C=O) groups excluding carboxylic acids is 2. The topological polar surface area (TPSA) is 76.7 Å². The van der Waals surface area contributed by atoms with Gasteiger partial charge in [-0.2, -0.15) is 0 Å². The van der Waals surface area contributed by atoms with Gasteiger partial charge < -0.3 is 20.1 Å². The number of nitrogens with one attached hydrogen (secondary N) is 2. The van der Waals surface area contributed by atoms with Gasteiger partial charge in [0.2, 0.25) is 5.91 Å². The van der Waals surface area contributed by atoms with E-state index in [1.54, 1.807) is 18.2 Å². The fourth-order valence-corrected chi connectivity index (χ4v) is 2.64. The van der Waals surface area contributed by atoms with E-state index in [9.17, 15) is 9.59 Å². The summed E-state index contributed by atoms with van der Waals surface area (Å²) >= 11 is 0. The summed E-state index contributed by atoms with van der Waals surface area (Å²) < 4.78 is 10.6. The predicted molar refractivity (Wildman–Crippen MR) is 110 cm³/mol. The highest BCUT2D eigenvalue weighted by Crippen LogP contribution is 2.28. The minimum Gasteiger partial charge on any atom is -0.487 e. The maximum atomic E-state index is 12.2. The van der Waals surface area contributed by atoms with Gasteiger partial charge in [0.1, 0.15) is 12.4 Å². The molecule has 0 aliphatic heterocycles. The molecule has 1 fully saturated rings. The summed E-state index contributed by atoms with van der Waals surface area (Å²) in [4.78, 5) is 24.1. The van der Waals surface area contributed by atoms with Crippen LogP contribution in [0.3, 0.4) is 0 Å². The van der Waals surface area contributed by atoms with Crippen LogP contribution in [0.15, 0.2) is 48.5 Å². The number of carbonyl (C=O) groups is 2. The van der Waals surface area contributed by atoms with Crippen molar-refractivity contribution in [1.29, 1.82) is 0 Å². The Morgan fingerprint density at radius 2 is 1.86 bits per heavy atom. The lowest BCUT2D eigenvalue weighted by molar-refractivity contribution is -0.115. The third-order valence-corrected chi connectivity index (χ3v) is 4.33. The second-order valence-electron chi connectivity index (χ2n) is 6.60. The van der Waals surface area contributed by atoms with E-state index in [2.05, 4.69) is 10.6 Å². The molecule has 1 aliphatic rings. The second-order valence-corrected chi connectivity index (χ2v) is 6.60. The minimum absolute atomic E-state index is 0. The molecular weight excluding hydrogens is 380 g/mol. The molecule has 2 N–H and O–H groups in total. The Kier molecular flexibility index (Phi) is 8.29. The van der Waals surface area contributed by atoms with Crippen LogP contribution in [0, 0.1) is 5.92 Å². The number of rotatable bonds is 9. The van der Waals surface area contributed by atoms with E-state index < -0.39 is 5.97 Å². The van der Waals surface area contributed by atoms with Crippen molar-refractivity contribution in [3.63, 3.8) is 0 Å². The number of hydrogen-bond acceptors (Lipinski definition) is 5. The number of amides is 1. The van der Waals surface area contributed by atoms with Crippen LogP contribution in [0.1, 0.15) is 28.8 Å². The van der Waals surface area contributed by atoms with E-state index >= 15 is 0 Å². The molecule has 0 spiro atoms. The van der Waals surface area contributed by atoms with Crippen LogP contribution in [0.5, 0.6) is 5.75 Å². The lowest BCUT2D eigenvalue weighted by Gasteiger charge is -2.14. The monoisotopic (exact) mass is 404 g/mol. The smallest absolute Gasteiger partial charge is 0.337 e. The van der Waals surface area contributed by atoms with E-state index in [1.165, 1.54) is 20.0 Å². The minimum atomic E-state index is -0.466. The first-order valence-electron chi connectivity index (χ1n) is 9.05. The summed E-state index contributed by atoms with van der Waals surface area (Å²) in [5.41, 5.74) is 1.82. The zero-order valence-electron chi connectivity index (χ0n) is 15.8. The molecule has 2 aromatic rings. The number of hydrogen-bond donors (Lipinski definition) is 2. The average molecular weight is 405 g/mol. The van der Waals surface area contributed by atoms with E-state index in [4.69, 9.17) is 9.47 Å². The van der Waals surface area contributed by atoms with Gasteiger partial charge in [0.05, 0.1) is 24.9 Å². The highest BCUT2D eigenvalue weighted by Gasteiger charge is 2.21. The summed E-state index contributed by atoms with van der Waals surface area (Å²) in [5.74, 6) is 0.557. The van der Waals surface area contributed by atoms with Crippen LogP contribution in [-0.4, -0.2) is 32.1 Å². The third-order valence-electron chi connectivity index (χ3n) is 4.33. The Hall–Kier alpha value is -2.57. The van der Waals surface area contributed by atoms with Gasteiger partial charge in [-0.1, -0.05) is 30.3 Å². The van der Waals surface area contributed by atoms with Crippen LogP contribution >= 0.6 is 12.4 Å². The Bertz CT molecular complexity index is 794. The van der Waals surface area contributed by atoms with Crippen LogP contribution < -0.4 is 15.4 Å². The van der Waals surface area contributed by atoms with E-state index in [-0.39, 0.29) is 24.9 Å².